The average molecular weight is 332 g/mol. The fraction of sp³-hybridized carbons (Fsp3) is 0.500. The lowest BCUT2D eigenvalue weighted by Crippen LogP contribution is -2.39. The molecule has 0 radical (unpaired) electrons. The van der Waals surface area contributed by atoms with Gasteiger partial charge in [-0.1, -0.05) is 30.3 Å². The van der Waals surface area contributed by atoms with Crippen molar-refractivity contribution < 1.29 is 17.9 Å². The summed E-state index contributed by atoms with van der Waals surface area (Å²) >= 11 is 0. The lowest BCUT2D eigenvalue weighted by Gasteiger charge is -2.26. The maximum absolute atomic E-state index is 11.7. The first-order chi connectivity index (χ1) is 9.95. The fourth-order valence-corrected chi connectivity index (χ4v) is 3.79. The monoisotopic (exact) mass is 331 g/mol. The Morgan fingerprint density at radius 2 is 1.81 bits per heavy atom. The minimum atomic E-state index is -3.50. The van der Waals surface area contributed by atoms with E-state index >= 15 is 0 Å². The molecule has 1 aliphatic rings. The lowest BCUT2D eigenvalue weighted by molar-refractivity contribution is 0.133. The first-order valence-corrected chi connectivity index (χ1v) is 9.23. The predicted molar refractivity (Wildman–Crippen MR) is 80.6 cm³/mol. The summed E-state index contributed by atoms with van der Waals surface area (Å²) in [5, 5.41) is 2.26. The molecule has 21 heavy (non-hydrogen) atoms. The number of hydrogen-bond donors (Lipinski definition) is 1. The van der Waals surface area contributed by atoms with Gasteiger partial charge in [-0.2, -0.15) is 0 Å². The van der Waals surface area contributed by atoms with Gasteiger partial charge in [-0.05, 0) is 31.2 Å². The van der Waals surface area contributed by atoms with Crippen molar-refractivity contribution in [3.8, 4) is 0 Å². The molecule has 1 aromatic rings. The SMILES string of the molecule is O=C(N[C@H]1CC[C@@H](S(=O)(=O)Cl)CC1)OCc1ccccc1. The van der Waals surface area contributed by atoms with Crippen LogP contribution >= 0.6 is 10.7 Å². The van der Waals surface area contributed by atoms with Crippen molar-refractivity contribution >= 4 is 25.8 Å². The van der Waals surface area contributed by atoms with E-state index in [2.05, 4.69) is 5.32 Å². The summed E-state index contributed by atoms with van der Waals surface area (Å²) in [7, 11) is 1.85. The second-order valence-electron chi connectivity index (χ2n) is 5.16. The Labute approximate surface area is 129 Å². The topological polar surface area (TPSA) is 72.5 Å². The van der Waals surface area contributed by atoms with Crippen LogP contribution in [0.3, 0.4) is 0 Å². The minimum absolute atomic E-state index is 0.0528. The summed E-state index contributed by atoms with van der Waals surface area (Å²) in [6.45, 7) is 0.220. The molecule has 1 aromatic carbocycles. The van der Waals surface area contributed by atoms with E-state index in [9.17, 15) is 13.2 Å². The second-order valence-corrected chi connectivity index (χ2v) is 8.06. The molecule has 0 atom stereocenters. The molecule has 1 saturated carbocycles. The van der Waals surface area contributed by atoms with E-state index in [1.54, 1.807) is 0 Å². The van der Waals surface area contributed by atoms with Crippen LogP contribution in [0.25, 0.3) is 0 Å². The number of carbonyl (C=O) groups is 1. The number of amides is 1. The molecule has 0 aliphatic heterocycles. The Morgan fingerprint density at radius 1 is 1.19 bits per heavy atom. The molecule has 7 heteroatoms. The van der Waals surface area contributed by atoms with Gasteiger partial charge in [-0.3, -0.25) is 0 Å². The maximum Gasteiger partial charge on any atom is 0.407 e. The van der Waals surface area contributed by atoms with Crippen LogP contribution in [-0.2, 0) is 20.4 Å². The highest BCUT2D eigenvalue weighted by Gasteiger charge is 2.30. The van der Waals surface area contributed by atoms with Crippen LogP contribution in [0.4, 0.5) is 4.79 Å². The Kier molecular flexibility index (Phi) is 5.47. The number of halogens is 1. The molecule has 0 bridgehead atoms. The number of hydrogen-bond acceptors (Lipinski definition) is 4. The molecule has 2 rings (SSSR count). The number of carbonyl (C=O) groups excluding carboxylic acids is 1. The normalized spacial score (nSPS) is 22.5. The zero-order valence-corrected chi connectivity index (χ0v) is 13.1. The summed E-state index contributed by atoms with van der Waals surface area (Å²) in [6.07, 6.45) is 1.65. The van der Waals surface area contributed by atoms with Crippen LogP contribution in [0.2, 0.25) is 0 Å². The van der Waals surface area contributed by atoms with E-state index in [0.717, 1.165) is 5.56 Å². The van der Waals surface area contributed by atoms with Crippen molar-refractivity contribution in [2.24, 2.45) is 0 Å². The van der Waals surface area contributed by atoms with Gasteiger partial charge >= 0.3 is 6.09 Å². The highest BCUT2D eigenvalue weighted by atomic mass is 35.7. The second kappa shape index (κ2) is 7.13. The Balaban J connectivity index is 1.72. The molecule has 5 nitrogen and oxygen atoms in total. The van der Waals surface area contributed by atoms with E-state index in [0.29, 0.717) is 25.7 Å². The van der Waals surface area contributed by atoms with Crippen molar-refractivity contribution in [1.29, 1.82) is 0 Å². The molecule has 0 unspecified atom stereocenters. The van der Waals surface area contributed by atoms with E-state index in [4.69, 9.17) is 15.4 Å². The number of alkyl carbamates (subject to hydrolysis) is 1. The van der Waals surface area contributed by atoms with Crippen molar-refractivity contribution in [1.82, 2.24) is 5.32 Å². The van der Waals surface area contributed by atoms with Crippen LogP contribution in [0.1, 0.15) is 31.2 Å². The molecule has 1 aliphatic carbocycles. The van der Waals surface area contributed by atoms with Gasteiger partial charge < -0.3 is 10.1 Å². The first-order valence-electron chi connectivity index (χ1n) is 6.86. The van der Waals surface area contributed by atoms with E-state index in [1.807, 2.05) is 30.3 Å². The Morgan fingerprint density at radius 3 is 2.38 bits per heavy atom. The molecule has 0 spiro atoms. The largest absolute Gasteiger partial charge is 0.445 e. The zero-order chi connectivity index (χ0) is 15.3. The predicted octanol–water partition coefficient (Wildman–Crippen LogP) is 2.79. The van der Waals surface area contributed by atoms with Crippen molar-refractivity contribution in [2.45, 2.75) is 43.6 Å². The van der Waals surface area contributed by atoms with Gasteiger partial charge in [-0.15, -0.1) is 0 Å². The van der Waals surface area contributed by atoms with Gasteiger partial charge in [0.15, 0.2) is 0 Å². The molecule has 1 amide bonds. The van der Waals surface area contributed by atoms with Crippen LogP contribution in [0.5, 0.6) is 0 Å². The van der Waals surface area contributed by atoms with Gasteiger partial charge in [0, 0.05) is 16.7 Å². The lowest BCUT2D eigenvalue weighted by atomic mass is 9.95. The zero-order valence-electron chi connectivity index (χ0n) is 11.5. The van der Waals surface area contributed by atoms with E-state index < -0.39 is 20.4 Å². The number of rotatable bonds is 4. The number of nitrogens with one attached hydrogen (secondary N) is 1. The quantitative estimate of drug-likeness (QED) is 0.861. The fourth-order valence-electron chi connectivity index (χ4n) is 2.42. The van der Waals surface area contributed by atoms with E-state index in [-0.39, 0.29) is 12.6 Å². The van der Waals surface area contributed by atoms with Crippen LogP contribution in [0, 0.1) is 0 Å². The maximum atomic E-state index is 11.7. The van der Waals surface area contributed by atoms with Crippen molar-refractivity contribution in [3.63, 3.8) is 0 Å². The number of benzene rings is 1. The first kappa shape index (κ1) is 16.1. The van der Waals surface area contributed by atoms with Gasteiger partial charge in [0.2, 0.25) is 9.05 Å². The summed E-state index contributed by atoms with van der Waals surface area (Å²) < 4.78 is 27.6. The summed E-state index contributed by atoms with van der Waals surface area (Å²) in [4.78, 5) is 11.7. The summed E-state index contributed by atoms with van der Waals surface area (Å²) in [5.74, 6) is 0. The summed E-state index contributed by atoms with van der Waals surface area (Å²) in [6, 6.07) is 9.36. The molecule has 0 heterocycles. The third-order valence-corrected chi connectivity index (χ3v) is 5.63. The Hall–Kier alpha value is -1.27. The van der Waals surface area contributed by atoms with Crippen LogP contribution < -0.4 is 5.32 Å². The average Bonchev–Trinajstić information content (AvgIpc) is 2.46. The van der Waals surface area contributed by atoms with Gasteiger partial charge in [0.05, 0.1) is 5.25 Å². The molecule has 1 fully saturated rings. The van der Waals surface area contributed by atoms with Gasteiger partial charge in [0.1, 0.15) is 6.61 Å². The third kappa shape index (κ3) is 5.21. The molecular formula is C14H18ClNO4S. The van der Waals surface area contributed by atoms with E-state index in [1.165, 1.54) is 0 Å². The summed E-state index contributed by atoms with van der Waals surface area (Å²) in [5.41, 5.74) is 0.921. The highest BCUT2D eigenvalue weighted by Crippen LogP contribution is 2.26. The standard InChI is InChI=1S/C14H18ClNO4S/c15-21(18,19)13-8-6-12(7-9-13)16-14(17)20-10-11-4-2-1-3-5-11/h1-5,12-13H,6-10H2,(H,16,17)/t12-,13+. The highest BCUT2D eigenvalue weighted by molar-refractivity contribution is 8.14. The molecular weight excluding hydrogens is 314 g/mol. The minimum Gasteiger partial charge on any atom is -0.445 e. The molecule has 116 valence electrons. The molecule has 0 aromatic heterocycles. The molecule has 0 saturated heterocycles. The Bertz CT molecular complexity index is 568. The van der Waals surface area contributed by atoms with Crippen molar-refractivity contribution in [3.05, 3.63) is 35.9 Å². The van der Waals surface area contributed by atoms with Gasteiger partial charge in [0.25, 0.3) is 0 Å². The smallest absolute Gasteiger partial charge is 0.407 e. The van der Waals surface area contributed by atoms with Crippen molar-refractivity contribution in [2.75, 3.05) is 0 Å². The van der Waals surface area contributed by atoms with Gasteiger partial charge in [-0.25, -0.2) is 13.2 Å². The number of ether oxygens (including phenoxy) is 1. The third-order valence-electron chi connectivity index (χ3n) is 3.61. The molecule has 1 N–H and O–H groups in total. The van der Waals surface area contributed by atoms with Crippen LogP contribution in [0.15, 0.2) is 30.3 Å². The van der Waals surface area contributed by atoms with Crippen LogP contribution in [-0.4, -0.2) is 25.8 Å².